The predicted molar refractivity (Wildman–Crippen MR) is 146 cm³/mol. The maximum atomic E-state index is 14.0. The number of thiophene rings is 1. The molecule has 1 fully saturated rings. The molecule has 5 nitrogen and oxygen atoms in total. The molecule has 1 aromatic carbocycles. The molecule has 0 bridgehead atoms. The van der Waals surface area contributed by atoms with Crippen molar-refractivity contribution in [3.8, 4) is 5.69 Å². The summed E-state index contributed by atoms with van der Waals surface area (Å²) >= 11 is 3.09. The summed E-state index contributed by atoms with van der Waals surface area (Å²) < 4.78 is 1.77. The molecule has 1 saturated carbocycles. The van der Waals surface area contributed by atoms with Gasteiger partial charge in [0.05, 0.1) is 16.8 Å². The second-order valence-electron chi connectivity index (χ2n) is 9.98. The normalized spacial score (nSPS) is 16.4. The molecule has 186 valence electrons. The van der Waals surface area contributed by atoms with Crippen LogP contribution in [0.4, 0.5) is 0 Å². The van der Waals surface area contributed by atoms with E-state index in [0.717, 1.165) is 65.7 Å². The number of aromatic nitrogens is 2. The van der Waals surface area contributed by atoms with Gasteiger partial charge in [0, 0.05) is 17.5 Å². The zero-order valence-corrected chi connectivity index (χ0v) is 22.7. The molecule has 0 atom stereocenters. The van der Waals surface area contributed by atoms with Crippen LogP contribution in [-0.2, 0) is 17.6 Å². The van der Waals surface area contributed by atoms with E-state index in [9.17, 15) is 9.59 Å². The van der Waals surface area contributed by atoms with Crippen molar-refractivity contribution in [2.45, 2.75) is 89.8 Å². The first kappa shape index (κ1) is 24.6. The summed E-state index contributed by atoms with van der Waals surface area (Å²) in [5.74, 6) is 0.453. The van der Waals surface area contributed by atoms with E-state index < -0.39 is 0 Å². The van der Waals surface area contributed by atoms with E-state index in [-0.39, 0.29) is 11.5 Å². The van der Waals surface area contributed by atoms with Crippen molar-refractivity contribution < 1.29 is 4.79 Å². The van der Waals surface area contributed by atoms with Gasteiger partial charge in [-0.1, -0.05) is 48.7 Å². The highest BCUT2D eigenvalue weighted by atomic mass is 32.2. The van der Waals surface area contributed by atoms with E-state index in [1.165, 1.54) is 47.9 Å². The number of hydrogen-bond donors (Lipinski definition) is 0. The number of fused-ring (bicyclic) bond motifs is 3. The lowest BCUT2D eigenvalue weighted by atomic mass is 9.94. The van der Waals surface area contributed by atoms with E-state index in [1.807, 2.05) is 24.0 Å². The fraction of sp³-hybridized carbons (Fsp3) is 0.536. The summed E-state index contributed by atoms with van der Waals surface area (Å²) in [6, 6.07) is 6.52. The average molecular weight is 510 g/mol. The molecule has 0 N–H and O–H groups in total. The summed E-state index contributed by atoms with van der Waals surface area (Å²) in [5.41, 5.74) is 4.28. The van der Waals surface area contributed by atoms with Crippen molar-refractivity contribution in [2.75, 3.05) is 12.3 Å². The van der Waals surface area contributed by atoms with Crippen molar-refractivity contribution in [2.24, 2.45) is 0 Å². The summed E-state index contributed by atoms with van der Waals surface area (Å²) in [7, 11) is 0. The third-order valence-electron chi connectivity index (χ3n) is 7.55. The first-order chi connectivity index (χ1) is 17.0. The number of nitrogens with zero attached hydrogens (tertiary/aromatic N) is 3. The molecular formula is C28H35N3O2S2. The van der Waals surface area contributed by atoms with Gasteiger partial charge in [-0.15, -0.1) is 11.3 Å². The van der Waals surface area contributed by atoms with Crippen LogP contribution in [0, 0.1) is 13.8 Å². The molecule has 5 rings (SSSR count). The maximum Gasteiger partial charge on any atom is 0.267 e. The molecule has 2 aliphatic carbocycles. The van der Waals surface area contributed by atoms with Crippen LogP contribution < -0.4 is 5.56 Å². The molecule has 3 aromatic rings. The van der Waals surface area contributed by atoms with Crippen LogP contribution in [-0.4, -0.2) is 38.7 Å². The lowest BCUT2D eigenvalue weighted by Crippen LogP contribution is -2.42. The Kier molecular flexibility index (Phi) is 7.35. The topological polar surface area (TPSA) is 55.2 Å². The number of rotatable bonds is 6. The van der Waals surface area contributed by atoms with Crippen molar-refractivity contribution in [1.82, 2.24) is 14.5 Å². The lowest BCUT2D eigenvalue weighted by Gasteiger charge is -2.33. The van der Waals surface area contributed by atoms with Gasteiger partial charge >= 0.3 is 0 Å². The number of carbonyl (C=O) groups is 1. The van der Waals surface area contributed by atoms with Crippen LogP contribution in [0.15, 0.2) is 28.2 Å². The third-order valence-corrected chi connectivity index (χ3v) is 9.66. The SMILES string of the molecule is CCN(C(=O)CSc1nc2sc3c(c2c(=O)n1-c1ccc(C)cc1C)CCCC3)C1CCCCC1. The van der Waals surface area contributed by atoms with Crippen LogP contribution in [0.25, 0.3) is 15.9 Å². The summed E-state index contributed by atoms with van der Waals surface area (Å²) in [6.45, 7) is 6.92. The largest absolute Gasteiger partial charge is 0.339 e. The Labute approximate surface area is 215 Å². The minimum atomic E-state index is 0.0101. The molecule has 2 aromatic heterocycles. The predicted octanol–water partition coefficient (Wildman–Crippen LogP) is 6.22. The van der Waals surface area contributed by atoms with Gasteiger partial charge in [0.1, 0.15) is 4.83 Å². The Morgan fingerprint density at radius 2 is 1.91 bits per heavy atom. The number of amides is 1. The van der Waals surface area contributed by atoms with Crippen molar-refractivity contribution in [3.05, 3.63) is 50.1 Å². The van der Waals surface area contributed by atoms with Crippen LogP contribution in [0.5, 0.6) is 0 Å². The Bertz CT molecular complexity index is 1300. The molecule has 7 heteroatoms. The van der Waals surface area contributed by atoms with Crippen molar-refractivity contribution >= 4 is 39.2 Å². The zero-order chi connectivity index (χ0) is 24.5. The summed E-state index contributed by atoms with van der Waals surface area (Å²) in [4.78, 5) is 36.5. The van der Waals surface area contributed by atoms with E-state index in [1.54, 1.807) is 15.9 Å². The second kappa shape index (κ2) is 10.5. The highest BCUT2D eigenvalue weighted by Crippen LogP contribution is 2.35. The smallest absolute Gasteiger partial charge is 0.267 e. The molecule has 2 aliphatic rings. The Hall–Kier alpha value is -2.12. The average Bonchev–Trinajstić information content (AvgIpc) is 3.23. The summed E-state index contributed by atoms with van der Waals surface area (Å²) in [6.07, 6.45) is 10.2. The van der Waals surface area contributed by atoms with E-state index >= 15 is 0 Å². The van der Waals surface area contributed by atoms with Gasteiger partial charge in [0.15, 0.2) is 5.16 Å². The van der Waals surface area contributed by atoms with Crippen molar-refractivity contribution in [3.63, 3.8) is 0 Å². The van der Waals surface area contributed by atoms with Gasteiger partial charge in [0.25, 0.3) is 5.56 Å². The molecule has 35 heavy (non-hydrogen) atoms. The van der Waals surface area contributed by atoms with Gasteiger partial charge in [-0.2, -0.15) is 0 Å². The van der Waals surface area contributed by atoms with Gasteiger partial charge in [-0.05, 0) is 76.5 Å². The molecule has 0 radical (unpaired) electrons. The van der Waals surface area contributed by atoms with Gasteiger partial charge in [0.2, 0.25) is 5.91 Å². The quantitative estimate of drug-likeness (QED) is 0.293. The molecule has 0 aliphatic heterocycles. The minimum Gasteiger partial charge on any atom is -0.339 e. The Morgan fingerprint density at radius 1 is 1.14 bits per heavy atom. The molecule has 2 heterocycles. The fourth-order valence-electron chi connectivity index (χ4n) is 5.79. The molecule has 0 unspecified atom stereocenters. The van der Waals surface area contributed by atoms with Gasteiger partial charge in [-0.3, -0.25) is 14.2 Å². The van der Waals surface area contributed by atoms with E-state index in [4.69, 9.17) is 4.98 Å². The summed E-state index contributed by atoms with van der Waals surface area (Å²) in [5, 5.41) is 1.42. The monoisotopic (exact) mass is 509 g/mol. The molecular weight excluding hydrogens is 474 g/mol. The first-order valence-corrected chi connectivity index (χ1v) is 14.8. The lowest BCUT2D eigenvalue weighted by molar-refractivity contribution is -0.131. The highest BCUT2D eigenvalue weighted by molar-refractivity contribution is 7.99. The molecule has 1 amide bonds. The van der Waals surface area contributed by atoms with Crippen LogP contribution >= 0.6 is 23.1 Å². The van der Waals surface area contributed by atoms with Crippen LogP contribution in [0.3, 0.4) is 0 Å². The van der Waals surface area contributed by atoms with Crippen LogP contribution in [0.2, 0.25) is 0 Å². The van der Waals surface area contributed by atoms with E-state index in [2.05, 4.69) is 19.9 Å². The maximum absolute atomic E-state index is 14.0. The van der Waals surface area contributed by atoms with Gasteiger partial charge < -0.3 is 4.90 Å². The third kappa shape index (κ3) is 4.82. The number of benzene rings is 1. The standard InChI is InChI=1S/C28H35N3O2S2/c1-4-30(20-10-6-5-7-11-20)24(32)17-34-28-29-26-25(21-12-8-9-13-23(21)35-26)27(33)31(28)22-15-14-18(2)16-19(22)3/h14-16,20H,4-13,17H2,1-3H3. The molecule has 0 spiro atoms. The van der Waals surface area contributed by atoms with Crippen molar-refractivity contribution in [1.29, 1.82) is 0 Å². The number of carbonyl (C=O) groups excluding carboxylic acids is 1. The number of hydrogen-bond acceptors (Lipinski definition) is 5. The van der Waals surface area contributed by atoms with Crippen LogP contribution in [0.1, 0.15) is 73.4 Å². The molecule has 0 saturated heterocycles. The Balaban J connectivity index is 1.54. The first-order valence-electron chi connectivity index (χ1n) is 13.0. The number of thioether (sulfide) groups is 1. The fourth-order valence-corrected chi connectivity index (χ4v) is 7.99. The Morgan fingerprint density at radius 3 is 2.66 bits per heavy atom. The second-order valence-corrected chi connectivity index (χ2v) is 12.0. The van der Waals surface area contributed by atoms with E-state index in [0.29, 0.717) is 17.0 Å². The highest BCUT2D eigenvalue weighted by Gasteiger charge is 2.26. The van der Waals surface area contributed by atoms with Gasteiger partial charge in [-0.25, -0.2) is 4.98 Å². The zero-order valence-electron chi connectivity index (χ0n) is 21.1. The minimum absolute atomic E-state index is 0.0101. The number of aryl methyl sites for hydroxylation is 4.